The van der Waals surface area contributed by atoms with Crippen molar-refractivity contribution in [2.45, 2.75) is 26.2 Å². The lowest BCUT2D eigenvalue weighted by Crippen LogP contribution is -2.22. The van der Waals surface area contributed by atoms with Crippen molar-refractivity contribution in [3.8, 4) is 0 Å². The zero-order chi connectivity index (χ0) is 13.3. The summed E-state index contributed by atoms with van der Waals surface area (Å²) < 4.78 is 0. The molecule has 1 saturated heterocycles. The van der Waals surface area contributed by atoms with Crippen molar-refractivity contribution < 1.29 is 9.59 Å². The van der Waals surface area contributed by atoms with E-state index in [0.29, 0.717) is 5.56 Å². The van der Waals surface area contributed by atoms with Gasteiger partial charge in [0.15, 0.2) is 0 Å². The third kappa shape index (κ3) is 2.53. The molecule has 1 fully saturated rings. The number of hydrogen-bond acceptors (Lipinski definition) is 4. The van der Waals surface area contributed by atoms with Crippen molar-refractivity contribution in [3.63, 3.8) is 0 Å². The molecule has 3 amide bonds. The fourth-order valence-electron chi connectivity index (χ4n) is 1.45. The molecule has 1 aliphatic rings. The number of urea groups is 1. The second kappa shape index (κ2) is 4.21. The second-order valence-electron chi connectivity index (χ2n) is 5.06. The minimum Gasteiger partial charge on any atom is -0.303 e. The summed E-state index contributed by atoms with van der Waals surface area (Å²) in [7, 11) is 0. The summed E-state index contributed by atoms with van der Waals surface area (Å²) in [5.41, 5.74) is 0.743. The second-order valence-corrected chi connectivity index (χ2v) is 5.06. The Morgan fingerprint density at radius 3 is 2.17 bits per heavy atom. The minimum atomic E-state index is -0.515. The van der Waals surface area contributed by atoms with E-state index in [-0.39, 0.29) is 11.1 Å². The first-order valence-corrected chi connectivity index (χ1v) is 5.53. The van der Waals surface area contributed by atoms with Crippen LogP contribution in [0.25, 0.3) is 6.08 Å². The van der Waals surface area contributed by atoms with Crippen LogP contribution in [0.1, 0.15) is 32.2 Å². The molecule has 0 spiro atoms. The number of aromatic nitrogens is 2. The average molecular weight is 246 g/mol. The van der Waals surface area contributed by atoms with E-state index in [1.807, 2.05) is 20.8 Å². The monoisotopic (exact) mass is 246 g/mol. The van der Waals surface area contributed by atoms with Crippen LogP contribution in [0.2, 0.25) is 0 Å². The summed E-state index contributed by atoms with van der Waals surface area (Å²) in [6.45, 7) is 6.06. The van der Waals surface area contributed by atoms with E-state index in [1.165, 1.54) is 6.08 Å². The molecule has 2 rings (SSSR count). The Morgan fingerprint density at radius 1 is 1.11 bits per heavy atom. The van der Waals surface area contributed by atoms with Gasteiger partial charge in [-0.25, -0.2) is 14.8 Å². The molecule has 0 bridgehead atoms. The Hall–Kier alpha value is -2.24. The maximum Gasteiger partial charge on any atom is 0.326 e. The molecule has 0 unspecified atom stereocenters. The highest BCUT2D eigenvalue weighted by atomic mass is 16.2. The van der Waals surface area contributed by atoms with Crippen molar-refractivity contribution in [1.82, 2.24) is 20.6 Å². The van der Waals surface area contributed by atoms with Crippen molar-refractivity contribution in [1.29, 1.82) is 0 Å². The Bertz CT molecular complexity index is 526. The van der Waals surface area contributed by atoms with Gasteiger partial charge in [0.25, 0.3) is 5.91 Å². The fourth-order valence-corrected chi connectivity index (χ4v) is 1.45. The van der Waals surface area contributed by atoms with Crippen LogP contribution in [0.15, 0.2) is 18.1 Å². The molecular formula is C12H14N4O2. The summed E-state index contributed by atoms with van der Waals surface area (Å²) in [6.07, 6.45) is 4.78. The highest BCUT2D eigenvalue weighted by molar-refractivity contribution is 6.13. The van der Waals surface area contributed by atoms with Crippen LogP contribution in [-0.4, -0.2) is 21.9 Å². The third-order valence-electron chi connectivity index (χ3n) is 2.37. The zero-order valence-electron chi connectivity index (χ0n) is 10.4. The number of carbonyl (C=O) groups excluding carboxylic acids is 2. The molecule has 2 heterocycles. The first-order valence-electron chi connectivity index (χ1n) is 5.53. The van der Waals surface area contributed by atoms with Gasteiger partial charge in [-0.2, -0.15) is 0 Å². The normalized spacial score (nSPS) is 17.8. The first kappa shape index (κ1) is 12.2. The Kier molecular flexibility index (Phi) is 2.86. The zero-order valence-corrected chi connectivity index (χ0v) is 10.4. The molecule has 94 valence electrons. The standard InChI is InChI=1S/C12H14N4O2/c1-12(2,3)10-13-5-7(6-14-10)4-8-9(17)16-11(18)15-8/h4-6H,1-3H3,(H2,15,16,17,18)/b8-4+. The van der Waals surface area contributed by atoms with Gasteiger partial charge in [-0.1, -0.05) is 20.8 Å². The van der Waals surface area contributed by atoms with Gasteiger partial charge in [-0.3, -0.25) is 10.1 Å². The minimum absolute atomic E-state index is 0.120. The van der Waals surface area contributed by atoms with Gasteiger partial charge in [0.05, 0.1) is 0 Å². The van der Waals surface area contributed by atoms with Gasteiger partial charge in [0.1, 0.15) is 11.5 Å². The summed E-state index contributed by atoms with van der Waals surface area (Å²) >= 11 is 0. The molecule has 1 aromatic heterocycles. The quantitative estimate of drug-likeness (QED) is 0.571. The molecular weight excluding hydrogens is 232 g/mol. The molecule has 6 nitrogen and oxygen atoms in total. The SMILES string of the molecule is CC(C)(C)c1ncc(/C=C2/NC(=O)NC2=O)cn1. The van der Waals surface area contributed by atoms with Gasteiger partial charge >= 0.3 is 6.03 Å². The summed E-state index contributed by atoms with van der Waals surface area (Å²) in [4.78, 5) is 30.7. The Morgan fingerprint density at radius 2 is 1.72 bits per heavy atom. The smallest absolute Gasteiger partial charge is 0.303 e. The molecule has 0 atom stereocenters. The van der Waals surface area contributed by atoms with Crippen molar-refractivity contribution in [3.05, 3.63) is 29.5 Å². The first-order chi connectivity index (χ1) is 8.36. The van der Waals surface area contributed by atoms with Crippen molar-refractivity contribution in [2.24, 2.45) is 0 Å². The van der Waals surface area contributed by atoms with E-state index >= 15 is 0 Å². The lowest BCUT2D eigenvalue weighted by atomic mass is 9.96. The van der Waals surface area contributed by atoms with Gasteiger partial charge in [0.2, 0.25) is 0 Å². The molecule has 6 heteroatoms. The number of nitrogens with one attached hydrogen (secondary N) is 2. The lowest BCUT2D eigenvalue weighted by molar-refractivity contribution is -0.115. The van der Waals surface area contributed by atoms with E-state index in [0.717, 1.165) is 5.82 Å². The number of imide groups is 1. The predicted octanol–water partition coefficient (Wildman–Crippen LogP) is 0.954. The van der Waals surface area contributed by atoms with Crippen molar-refractivity contribution in [2.75, 3.05) is 0 Å². The number of carbonyl (C=O) groups is 2. The van der Waals surface area contributed by atoms with E-state index in [1.54, 1.807) is 12.4 Å². The summed E-state index contributed by atoms with van der Waals surface area (Å²) in [6, 6.07) is -0.515. The number of amides is 3. The topological polar surface area (TPSA) is 84.0 Å². The van der Waals surface area contributed by atoms with Crippen LogP contribution in [0.5, 0.6) is 0 Å². The lowest BCUT2D eigenvalue weighted by Gasteiger charge is -2.15. The molecule has 0 aromatic carbocycles. The van der Waals surface area contributed by atoms with Gasteiger partial charge in [-0.05, 0) is 6.08 Å². The van der Waals surface area contributed by atoms with Crippen LogP contribution < -0.4 is 10.6 Å². The number of nitrogens with zero attached hydrogens (tertiary/aromatic N) is 2. The molecule has 0 saturated carbocycles. The van der Waals surface area contributed by atoms with Crippen LogP contribution >= 0.6 is 0 Å². The van der Waals surface area contributed by atoms with Gasteiger partial charge < -0.3 is 5.32 Å². The maximum atomic E-state index is 11.3. The third-order valence-corrected chi connectivity index (χ3v) is 2.37. The molecule has 1 aliphatic heterocycles. The van der Waals surface area contributed by atoms with E-state index in [4.69, 9.17) is 0 Å². The highest BCUT2D eigenvalue weighted by Gasteiger charge is 2.23. The van der Waals surface area contributed by atoms with E-state index in [2.05, 4.69) is 20.6 Å². The molecule has 18 heavy (non-hydrogen) atoms. The maximum absolute atomic E-state index is 11.3. The molecule has 1 aromatic rings. The number of hydrogen-bond donors (Lipinski definition) is 2. The van der Waals surface area contributed by atoms with Crippen LogP contribution in [0.3, 0.4) is 0 Å². The van der Waals surface area contributed by atoms with E-state index < -0.39 is 11.9 Å². The van der Waals surface area contributed by atoms with E-state index in [9.17, 15) is 9.59 Å². The Labute approximate surface area is 105 Å². The summed E-state index contributed by atoms with van der Waals surface area (Å²) in [5.74, 6) is 0.282. The molecule has 0 aliphatic carbocycles. The summed E-state index contributed by atoms with van der Waals surface area (Å²) in [5, 5.41) is 4.53. The Balaban J connectivity index is 2.24. The largest absolute Gasteiger partial charge is 0.326 e. The van der Waals surface area contributed by atoms with Crippen LogP contribution in [0, 0.1) is 0 Å². The molecule has 0 radical (unpaired) electrons. The van der Waals surface area contributed by atoms with Gasteiger partial charge in [-0.15, -0.1) is 0 Å². The predicted molar refractivity (Wildman–Crippen MR) is 65.4 cm³/mol. The van der Waals surface area contributed by atoms with Crippen LogP contribution in [0.4, 0.5) is 4.79 Å². The number of rotatable bonds is 1. The van der Waals surface area contributed by atoms with Crippen LogP contribution in [-0.2, 0) is 10.2 Å². The fraction of sp³-hybridized carbons (Fsp3) is 0.333. The van der Waals surface area contributed by atoms with Gasteiger partial charge in [0, 0.05) is 23.4 Å². The molecule has 2 N–H and O–H groups in total. The average Bonchev–Trinajstić information content (AvgIpc) is 2.57. The highest BCUT2D eigenvalue weighted by Crippen LogP contribution is 2.17. The van der Waals surface area contributed by atoms with Crippen molar-refractivity contribution >= 4 is 18.0 Å².